The Kier molecular flexibility index (Phi) is 6.51. The molecule has 1 heterocycles. The van der Waals surface area contributed by atoms with Crippen LogP contribution in [0.5, 0.6) is 5.75 Å². The fraction of sp³-hybridized carbons (Fsp3) is 0.300. The molecule has 1 aliphatic heterocycles. The number of nitrogens with one attached hydrogen (secondary N) is 1. The summed E-state index contributed by atoms with van der Waals surface area (Å²) in [6, 6.07) is 13.5. The number of Topliss-reactive ketones (excluding diaryl/α,β-unsaturated/α-hetero) is 1. The van der Waals surface area contributed by atoms with Crippen molar-refractivity contribution in [2.45, 2.75) is 11.8 Å². The van der Waals surface area contributed by atoms with Gasteiger partial charge in [-0.1, -0.05) is 12.1 Å². The molecule has 1 saturated heterocycles. The topological polar surface area (TPSA) is 79.0 Å². The predicted octanol–water partition coefficient (Wildman–Crippen LogP) is 2.60. The molecule has 2 aromatic rings. The van der Waals surface area contributed by atoms with Crippen molar-refractivity contribution in [3.63, 3.8) is 0 Å². The summed E-state index contributed by atoms with van der Waals surface area (Å²) >= 11 is 5.47. The number of carbonyl (C=O) groups is 1. The van der Waals surface area contributed by atoms with Gasteiger partial charge in [-0.2, -0.15) is 4.31 Å². The number of piperazine rings is 1. The highest BCUT2D eigenvalue weighted by molar-refractivity contribution is 7.89. The maximum absolute atomic E-state index is 12.8. The van der Waals surface area contributed by atoms with Crippen LogP contribution in [0.15, 0.2) is 53.4 Å². The van der Waals surface area contributed by atoms with Crippen LogP contribution in [0.4, 0.5) is 5.69 Å². The zero-order valence-electron chi connectivity index (χ0n) is 16.3. The third-order valence-electron chi connectivity index (χ3n) is 4.74. The van der Waals surface area contributed by atoms with Crippen molar-refractivity contribution in [3.8, 4) is 5.75 Å². The molecule has 0 saturated carbocycles. The van der Waals surface area contributed by atoms with Crippen LogP contribution in [0, 0.1) is 0 Å². The lowest BCUT2D eigenvalue weighted by atomic mass is 10.1. The minimum Gasteiger partial charge on any atom is -0.497 e. The van der Waals surface area contributed by atoms with Gasteiger partial charge >= 0.3 is 0 Å². The number of nitrogens with zero attached hydrogens (tertiary/aromatic N) is 2. The van der Waals surface area contributed by atoms with E-state index in [1.54, 1.807) is 42.5 Å². The number of hydrogen-bond donors (Lipinski definition) is 1. The molecule has 0 amide bonds. The summed E-state index contributed by atoms with van der Waals surface area (Å²) in [4.78, 5) is 13.7. The molecular weight excluding hydrogens is 410 g/mol. The van der Waals surface area contributed by atoms with Gasteiger partial charge in [-0.15, -0.1) is 0 Å². The highest BCUT2D eigenvalue weighted by Crippen LogP contribution is 2.21. The third-order valence-corrected chi connectivity index (χ3v) is 7.02. The van der Waals surface area contributed by atoms with Crippen molar-refractivity contribution in [1.29, 1.82) is 0 Å². The highest BCUT2D eigenvalue weighted by atomic mass is 32.2. The summed E-state index contributed by atoms with van der Waals surface area (Å²) < 4.78 is 32.2. The summed E-state index contributed by atoms with van der Waals surface area (Å²) in [5.74, 6) is 0.593. The van der Waals surface area contributed by atoms with Gasteiger partial charge < -0.3 is 15.0 Å². The Labute approximate surface area is 176 Å². The first-order chi connectivity index (χ1) is 13.8. The zero-order chi connectivity index (χ0) is 21.0. The van der Waals surface area contributed by atoms with Gasteiger partial charge in [0.15, 0.2) is 10.9 Å². The summed E-state index contributed by atoms with van der Waals surface area (Å²) in [6.45, 7) is 3.15. The number of carbonyl (C=O) groups excluding carboxylic acids is 1. The van der Waals surface area contributed by atoms with E-state index in [1.165, 1.54) is 18.3 Å². The maximum Gasteiger partial charge on any atom is 0.243 e. The van der Waals surface area contributed by atoms with Crippen molar-refractivity contribution in [2.75, 3.05) is 38.6 Å². The van der Waals surface area contributed by atoms with E-state index in [4.69, 9.17) is 17.0 Å². The van der Waals surface area contributed by atoms with Crippen molar-refractivity contribution in [3.05, 3.63) is 54.1 Å². The summed E-state index contributed by atoms with van der Waals surface area (Å²) in [7, 11) is -2.02. The zero-order valence-corrected chi connectivity index (χ0v) is 17.9. The fourth-order valence-electron chi connectivity index (χ4n) is 3.05. The number of rotatable bonds is 5. The van der Waals surface area contributed by atoms with Crippen molar-refractivity contribution in [1.82, 2.24) is 9.21 Å². The van der Waals surface area contributed by atoms with Crippen LogP contribution in [-0.4, -0.2) is 61.8 Å². The van der Waals surface area contributed by atoms with Crippen molar-refractivity contribution >= 4 is 38.8 Å². The summed E-state index contributed by atoms with van der Waals surface area (Å²) in [5, 5.41) is 3.63. The predicted molar refractivity (Wildman–Crippen MR) is 116 cm³/mol. The SMILES string of the molecule is COc1ccc(S(=O)(=O)N2CCN(C(=S)Nc3cccc(C(C)=O)c3)CC2)cc1. The van der Waals surface area contributed by atoms with Crippen LogP contribution in [0.25, 0.3) is 0 Å². The lowest BCUT2D eigenvalue weighted by molar-refractivity contribution is 0.101. The largest absolute Gasteiger partial charge is 0.497 e. The van der Waals surface area contributed by atoms with E-state index >= 15 is 0 Å². The lowest BCUT2D eigenvalue weighted by Crippen LogP contribution is -2.51. The van der Waals surface area contributed by atoms with Gasteiger partial charge in [-0.05, 0) is 55.5 Å². The average molecular weight is 434 g/mol. The molecule has 0 aliphatic carbocycles. The summed E-state index contributed by atoms with van der Waals surface area (Å²) in [5.41, 5.74) is 1.34. The van der Waals surface area contributed by atoms with Crippen molar-refractivity contribution in [2.24, 2.45) is 0 Å². The molecule has 0 radical (unpaired) electrons. The van der Waals surface area contributed by atoms with E-state index in [0.29, 0.717) is 42.6 Å². The van der Waals surface area contributed by atoms with E-state index < -0.39 is 10.0 Å². The number of ketones is 1. The Morgan fingerprint density at radius 3 is 2.31 bits per heavy atom. The van der Waals surface area contributed by atoms with Gasteiger partial charge in [-0.3, -0.25) is 4.79 Å². The van der Waals surface area contributed by atoms with Gasteiger partial charge in [0.1, 0.15) is 5.75 Å². The van der Waals surface area contributed by atoms with Gasteiger partial charge in [0, 0.05) is 37.4 Å². The Morgan fingerprint density at radius 2 is 1.72 bits per heavy atom. The van der Waals surface area contributed by atoms with Gasteiger partial charge in [0.25, 0.3) is 0 Å². The minimum atomic E-state index is -3.56. The first-order valence-corrected chi connectivity index (χ1v) is 11.0. The number of hydrogen-bond acceptors (Lipinski definition) is 5. The summed E-state index contributed by atoms with van der Waals surface area (Å²) in [6.07, 6.45) is 0. The molecule has 0 bridgehead atoms. The van der Waals surface area contributed by atoms with Gasteiger partial charge in [0.05, 0.1) is 12.0 Å². The maximum atomic E-state index is 12.8. The van der Waals surface area contributed by atoms with E-state index in [-0.39, 0.29) is 10.7 Å². The van der Waals surface area contributed by atoms with Crippen molar-refractivity contribution < 1.29 is 17.9 Å². The van der Waals surface area contributed by atoms with Gasteiger partial charge in [0.2, 0.25) is 10.0 Å². The molecule has 7 nitrogen and oxygen atoms in total. The Balaban J connectivity index is 1.61. The van der Waals surface area contributed by atoms with E-state index in [2.05, 4.69) is 5.32 Å². The first-order valence-electron chi connectivity index (χ1n) is 9.12. The minimum absolute atomic E-state index is 0.0167. The van der Waals surface area contributed by atoms with Crippen LogP contribution in [-0.2, 0) is 10.0 Å². The van der Waals surface area contributed by atoms with Crippen LogP contribution in [0.1, 0.15) is 17.3 Å². The lowest BCUT2D eigenvalue weighted by Gasteiger charge is -2.35. The molecule has 0 spiro atoms. The Morgan fingerprint density at radius 1 is 1.07 bits per heavy atom. The number of anilines is 1. The van der Waals surface area contributed by atoms with Crippen LogP contribution < -0.4 is 10.1 Å². The van der Waals surface area contributed by atoms with E-state index in [1.807, 2.05) is 11.0 Å². The van der Waals surface area contributed by atoms with Crippen LogP contribution >= 0.6 is 12.2 Å². The Bertz CT molecular complexity index is 999. The molecule has 3 rings (SSSR count). The normalized spacial score (nSPS) is 15.0. The smallest absolute Gasteiger partial charge is 0.243 e. The molecular formula is C20H23N3O4S2. The molecule has 1 N–H and O–H groups in total. The second kappa shape index (κ2) is 8.89. The Hall–Kier alpha value is -2.49. The van der Waals surface area contributed by atoms with Crippen LogP contribution in [0.3, 0.4) is 0 Å². The molecule has 0 atom stereocenters. The molecule has 1 fully saturated rings. The average Bonchev–Trinajstić information content (AvgIpc) is 2.74. The number of sulfonamides is 1. The number of benzene rings is 2. The number of methoxy groups -OCH3 is 1. The second-order valence-corrected chi connectivity index (χ2v) is 8.96. The standard InChI is InChI=1S/C20H23N3O4S2/c1-15(24)16-4-3-5-17(14-16)21-20(28)22-10-12-23(13-11-22)29(25,26)19-8-6-18(27-2)7-9-19/h3-9,14H,10-13H2,1-2H3,(H,21,28). The van der Waals surface area contributed by atoms with E-state index in [0.717, 1.165) is 5.69 Å². The molecule has 1 aliphatic rings. The van der Waals surface area contributed by atoms with Gasteiger partial charge in [-0.25, -0.2) is 8.42 Å². The van der Waals surface area contributed by atoms with Crippen LogP contribution in [0.2, 0.25) is 0 Å². The molecule has 0 aromatic heterocycles. The molecule has 0 unspecified atom stereocenters. The number of ether oxygens (including phenoxy) is 1. The monoisotopic (exact) mass is 433 g/mol. The number of thiocarbonyl (C=S) groups is 1. The quantitative estimate of drug-likeness (QED) is 0.574. The fourth-order valence-corrected chi connectivity index (χ4v) is 4.77. The third kappa shape index (κ3) is 4.92. The molecule has 2 aromatic carbocycles. The second-order valence-electron chi connectivity index (χ2n) is 6.63. The molecule has 9 heteroatoms. The highest BCUT2D eigenvalue weighted by Gasteiger charge is 2.29. The first kappa shape index (κ1) is 21.2. The molecule has 29 heavy (non-hydrogen) atoms. The van der Waals surface area contributed by atoms with E-state index in [9.17, 15) is 13.2 Å². The molecule has 154 valence electrons.